The van der Waals surface area contributed by atoms with Gasteiger partial charge >= 0.3 is 0 Å². The van der Waals surface area contributed by atoms with E-state index in [2.05, 4.69) is 4.98 Å². The molecule has 0 saturated heterocycles. The molecule has 23 heavy (non-hydrogen) atoms. The van der Waals surface area contributed by atoms with Gasteiger partial charge in [-0.3, -0.25) is 14.9 Å². The maximum atomic E-state index is 11.7. The Bertz CT molecular complexity index is 868. The zero-order valence-corrected chi connectivity index (χ0v) is 12.0. The first-order chi connectivity index (χ1) is 11.1. The number of carbonyl (C=O) groups is 1. The molecular weight excluding hydrogens is 294 g/mol. The summed E-state index contributed by atoms with van der Waals surface area (Å²) in [5.74, 6) is -0.583. The summed E-state index contributed by atoms with van der Waals surface area (Å²) in [6, 6.07) is 17.3. The fraction of sp³-hybridized carbons (Fsp3) is 0. The van der Waals surface area contributed by atoms with Gasteiger partial charge in [-0.2, -0.15) is 0 Å². The monoisotopic (exact) mass is 307 g/mol. The second-order valence-electron chi connectivity index (χ2n) is 5.01. The number of benzene rings is 2. The van der Waals surface area contributed by atoms with E-state index < -0.39 is 10.8 Å². The summed E-state index contributed by atoms with van der Waals surface area (Å²) < 4.78 is 0. The lowest BCUT2D eigenvalue weighted by Gasteiger charge is -2.00. The molecule has 1 amide bonds. The first-order valence-corrected chi connectivity index (χ1v) is 6.89. The average molecular weight is 307 g/mol. The molecule has 0 spiro atoms. The minimum atomic E-state index is -0.583. The number of nitro benzene ring substituents is 1. The molecule has 0 bridgehead atoms. The normalized spacial score (nSPS) is 10.4. The van der Waals surface area contributed by atoms with Crippen molar-refractivity contribution in [3.8, 4) is 22.4 Å². The Morgan fingerprint density at radius 1 is 1.00 bits per heavy atom. The zero-order valence-electron chi connectivity index (χ0n) is 12.0. The minimum absolute atomic E-state index is 0.00630. The highest BCUT2D eigenvalue weighted by atomic mass is 16.6. The van der Waals surface area contributed by atoms with Gasteiger partial charge in [0.15, 0.2) is 0 Å². The van der Waals surface area contributed by atoms with Crippen molar-refractivity contribution in [2.75, 3.05) is 0 Å². The van der Waals surface area contributed by atoms with Gasteiger partial charge in [0, 0.05) is 23.4 Å². The second-order valence-corrected chi connectivity index (χ2v) is 5.01. The van der Waals surface area contributed by atoms with E-state index in [9.17, 15) is 14.9 Å². The van der Waals surface area contributed by atoms with E-state index in [1.54, 1.807) is 12.1 Å². The summed E-state index contributed by atoms with van der Waals surface area (Å²) in [5, 5.41) is 10.7. The van der Waals surface area contributed by atoms with Crippen molar-refractivity contribution in [1.29, 1.82) is 0 Å². The van der Waals surface area contributed by atoms with Crippen molar-refractivity contribution in [2.24, 2.45) is 5.73 Å². The lowest BCUT2D eigenvalue weighted by molar-refractivity contribution is -0.384. The molecule has 2 aromatic carbocycles. The minimum Gasteiger partial charge on any atom is -0.364 e. The quantitative estimate of drug-likeness (QED) is 0.570. The van der Waals surface area contributed by atoms with E-state index in [0.717, 1.165) is 11.3 Å². The molecule has 1 heterocycles. The maximum Gasteiger partial charge on any atom is 0.269 e. The molecule has 6 nitrogen and oxygen atoms in total. The first-order valence-electron chi connectivity index (χ1n) is 6.89. The number of hydrogen-bond donors (Lipinski definition) is 2. The number of nitrogens with two attached hydrogens (primary N) is 1. The van der Waals surface area contributed by atoms with Crippen LogP contribution in [0.1, 0.15) is 10.5 Å². The number of aromatic amines is 1. The van der Waals surface area contributed by atoms with Gasteiger partial charge in [0.05, 0.1) is 4.92 Å². The third kappa shape index (κ3) is 2.82. The highest BCUT2D eigenvalue weighted by Gasteiger charge is 2.16. The van der Waals surface area contributed by atoms with E-state index in [1.165, 1.54) is 12.1 Å². The Kier molecular flexibility index (Phi) is 3.64. The van der Waals surface area contributed by atoms with E-state index in [4.69, 9.17) is 5.73 Å². The van der Waals surface area contributed by atoms with Crippen LogP contribution in [0.15, 0.2) is 60.7 Å². The molecule has 3 aromatic rings. The number of non-ortho nitro benzene ring substituents is 1. The SMILES string of the molecule is NC(=O)c1[nH]c(-c2ccccc2)cc1-c1ccc([N+](=O)[O-])cc1. The summed E-state index contributed by atoms with van der Waals surface area (Å²) in [7, 11) is 0. The summed E-state index contributed by atoms with van der Waals surface area (Å²) in [4.78, 5) is 25.0. The molecule has 0 fully saturated rings. The Morgan fingerprint density at radius 3 is 2.22 bits per heavy atom. The lowest BCUT2D eigenvalue weighted by atomic mass is 10.0. The largest absolute Gasteiger partial charge is 0.364 e. The topological polar surface area (TPSA) is 102 Å². The van der Waals surface area contributed by atoms with Gasteiger partial charge in [-0.15, -0.1) is 0 Å². The molecular formula is C17H13N3O3. The van der Waals surface area contributed by atoms with Gasteiger partial charge in [-0.05, 0) is 29.3 Å². The molecule has 1 aromatic heterocycles. The molecule has 0 atom stereocenters. The second kappa shape index (κ2) is 5.76. The van der Waals surface area contributed by atoms with Crippen molar-refractivity contribution in [2.45, 2.75) is 0 Å². The smallest absolute Gasteiger partial charge is 0.269 e. The van der Waals surface area contributed by atoms with Crippen LogP contribution >= 0.6 is 0 Å². The highest BCUT2D eigenvalue weighted by Crippen LogP contribution is 2.30. The molecule has 3 rings (SSSR count). The van der Waals surface area contributed by atoms with Crippen molar-refractivity contribution >= 4 is 11.6 Å². The van der Waals surface area contributed by atoms with Crippen molar-refractivity contribution in [3.63, 3.8) is 0 Å². The van der Waals surface area contributed by atoms with Crippen LogP contribution in [0.25, 0.3) is 22.4 Å². The van der Waals surface area contributed by atoms with E-state index in [0.29, 0.717) is 11.1 Å². The number of primary amides is 1. The molecule has 3 N–H and O–H groups in total. The number of amides is 1. The molecule has 0 unspecified atom stereocenters. The third-order valence-corrected chi connectivity index (χ3v) is 3.54. The van der Waals surface area contributed by atoms with Crippen LogP contribution in [0.4, 0.5) is 5.69 Å². The Labute approximate surface area is 131 Å². The summed E-state index contributed by atoms with van der Waals surface area (Å²) >= 11 is 0. The van der Waals surface area contributed by atoms with E-state index >= 15 is 0 Å². The number of nitrogens with one attached hydrogen (secondary N) is 1. The van der Waals surface area contributed by atoms with Crippen LogP contribution in [-0.4, -0.2) is 15.8 Å². The number of H-pyrrole nitrogens is 1. The number of nitrogens with zero attached hydrogens (tertiary/aromatic N) is 1. The van der Waals surface area contributed by atoms with Crippen LogP contribution in [0.3, 0.4) is 0 Å². The Morgan fingerprint density at radius 2 is 1.65 bits per heavy atom. The van der Waals surface area contributed by atoms with Crippen LogP contribution < -0.4 is 5.73 Å². The molecule has 6 heteroatoms. The number of rotatable bonds is 4. The number of carbonyl (C=O) groups excluding carboxylic acids is 1. The van der Waals surface area contributed by atoms with Crippen LogP contribution in [0.5, 0.6) is 0 Å². The van der Waals surface area contributed by atoms with Gasteiger partial charge in [0.1, 0.15) is 5.69 Å². The van der Waals surface area contributed by atoms with Gasteiger partial charge in [0.2, 0.25) is 0 Å². The third-order valence-electron chi connectivity index (χ3n) is 3.54. The fourth-order valence-corrected chi connectivity index (χ4v) is 2.41. The van der Waals surface area contributed by atoms with Gasteiger partial charge < -0.3 is 10.7 Å². The molecule has 0 saturated carbocycles. The van der Waals surface area contributed by atoms with Crippen molar-refractivity contribution in [1.82, 2.24) is 4.98 Å². The molecule has 0 radical (unpaired) electrons. The molecule has 0 aliphatic rings. The number of nitro groups is 1. The van der Waals surface area contributed by atoms with E-state index in [-0.39, 0.29) is 11.4 Å². The first kappa shape index (κ1) is 14.5. The van der Waals surface area contributed by atoms with E-state index in [1.807, 2.05) is 36.4 Å². The molecule has 0 aliphatic heterocycles. The van der Waals surface area contributed by atoms with Gasteiger partial charge in [-0.1, -0.05) is 30.3 Å². The Hall–Kier alpha value is -3.41. The van der Waals surface area contributed by atoms with Crippen LogP contribution in [0, 0.1) is 10.1 Å². The van der Waals surface area contributed by atoms with Crippen molar-refractivity contribution < 1.29 is 9.72 Å². The predicted octanol–water partition coefficient (Wildman–Crippen LogP) is 3.36. The summed E-state index contributed by atoms with van der Waals surface area (Å²) in [6.45, 7) is 0. The number of aromatic nitrogens is 1. The van der Waals surface area contributed by atoms with Gasteiger partial charge in [0.25, 0.3) is 11.6 Å². The molecule has 0 aliphatic carbocycles. The van der Waals surface area contributed by atoms with Gasteiger partial charge in [-0.25, -0.2) is 0 Å². The standard InChI is InChI=1S/C17H13N3O3/c18-17(21)16-14(11-6-8-13(9-7-11)20(22)23)10-15(19-16)12-4-2-1-3-5-12/h1-10,19H,(H2,18,21). The van der Waals surface area contributed by atoms with Crippen LogP contribution in [-0.2, 0) is 0 Å². The average Bonchev–Trinajstić information content (AvgIpc) is 3.01. The highest BCUT2D eigenvalue weighted by molar-refractivity contribution is 5.99. The van der Waals surface area contributed by atoms with Crippen molar-refractivity contribution in [3.05, 3.63) is 76.5 Å². The zero-order chi connectivity index (χ0) is 16.4. The maximum absolute atomic E-state index is 11.7. The fourth-order valence-electron chi connectivity index (χ4n) is 2.41. The predicted molar refractivity (Wildman–Crippen MR) is 86.8 cm³/mol. The Balaban J connectivity index is 2.09. The molecule has 114 valence electrons. The summed E-state index contributed by atoms with van der Waals surface area (Å²) in [6.07, 6.45) is 0. The number of hydrogen-bond acceptors (Lipinski definition) is 3. The lowest BCUT2D eigenvalue weighted by Crippen LogP contribution is -2.12. The summed E-state index contributed by atoms with van der Waals surface area (Å²) in [5.41, 5.74) is 8.69. The van der Waals surface area contributed by atoms with Crippen LogP contribution in [0.2, 0.25) is 0 Å².